The van der Waals surface area contributed by atoms with Crippen molar-refractivity contribution < 1.29 is 9.53 Å². The molecule has 148 valence electrons. The molecule has 0 atom stereocenters. The van der Waals surface area contributed by atoms with E-state index in [1.807, 2.05) is 24.1 Å². The third-order valence-electron chi connectivity index (χ3n) is 5.24. The van der Waals surface area contributed by atoms with Crippen molar-refractivity contribution in [1.29, 1.82) is 0 Å². The minimum absolute atomic E-state index is 0.227. The molecule has 1 heterocycles. The second-order valence-corrected chi connectivity index (χ2v) is 7.54. The number of rotatable bonds is 9. The van der Waals surface area contributed by atoms with E-state index in [4.69, 9.17) is 4.74 Å². The largest absolute Gasteiger partial charge is 0.379 e. The first-order chi connectivity index (χ1) is 13.2. The summed E-state index contributed by atoms with van der Waals surface area (Å²) < 4.78 is 5.69. The Hall–Kier alpha value is -2.08. The van der Waals surface area contributed by atoms with E-state index in [1.165, 1.54) is 24.0 Å². The van der Waals surface area contributed by atoms with E-state index in [2.05, 4.69) is 27.3 Å². The zero-order valence-electron chi connectivity index (χ0n) is 16.6. The highest BCUT2D eigenvalue weighted by Crippen LogP contribution is 2.28. The molecule has 6 nitrogen and oxygen atoms in total. The maximum Gasteiger partial charge on any atom is 0.223 e. The molecular weight excluding hydrogens is 340 g/mol. The number of carbonyl (C=O) groups is 1. The first-order valence-electron chi connectivity index (χ1n) is 10.0. The van der Waals surface area contributed by atoms with Crippen LogP contribution in [0.5, 0.6) is 0 Å². The smallest absolute Gasteiger partial charge is 0.223 e. The number of ether oxygens (including phenoxy) is 1. The van der Waals surface area contributed by atoms with Gasteiger partial charge in [0.1, 0.15) is 0 Å². The standard InChI is InChI=1S/C21H32N4O2/c1-22-21(24(2)12-13-27-16-17-9-10-17)23-11-5-8-20(26)25-14-18-6-3-4-7-19(18)15-25/h3-4,6-7,17H,5,8-16H2,1-2H3,(H,22,23). The van der Waals surface area contributed by atoms with Gasteiger partial charge >= 0.3 is 0 Å². The van der Waals surface area contributed by atoms with Crippen LogP contribution in [-0.2, 0) is 22.6 Å². The van der Waals surface area contributed by atoms with Gasteiger partial charge in [0.25, 0.3) is 0 Å². The number of fused-ring (bicyclic) bond motifs is 1. The number of hydrogen-bond donors (Lipinski definition) is 1. The third kappa shape index (κ3) is 5.96. The highest BCUT2D eigenvalue weighted by molar-refractivity contribution is 5.80. The number of aliphatic imine (C=N–C) groups is 1. The normalized spacial score (nSPS) is 16.4. The average Bonchev–Trinajstić information content (AvgIpc) is 3.40. The van der Waals surface area contributed by atoms with E-state index < -0.39 is 0 Å². The van der Waals surface area contributed by atoms with Crippen LogP contribution < -0.4 is 5.32 Å². The molecular formula is C21H32N4O2. The summed E-state index contributed by atoms with van der Waals surface area (Å²) in [7, 11) is 3.80. The summed E-state index contributed by atoms with van der Waals surface area (Å²) in [6.45, 7) is 4.66. The Kier molecular flexibility index (Phi) is 7.10. The van der Waals surface area contributed by atoms with Gasteiger partial charge in [-0.05, 0) is 36.3 Å². The van der Waals surface area contributed by atoms with E-state index in [0.29, 0.717) is 6.42 Å². The van der Waals surface area contributed by atoms with Gasteiger partial charge in [-0.3, -0.25) is 9.79 Å². The van der Waals surface area contributed by atoms with Crippen molar-refractivity contribution in [2.24, 2.45) is 10.9 Å². The number of benzene rings is 1. The summed E-state index contributed by atoms with van der Waals surface area (Å²) in [6.07, 6.45) is 4.01. The van der Waals surface area contributed by atoms with Crippen molar-refractivity contribution in [2.75, 3.05) is 40.4 Å². The SMILES string of the molecule is CN=C(NCCCC(=O)N1Cc2ccccc2C1)N(C)CCOCC1CC1. The molecule has 0 bridgehead atoms. The fraction of sp³-hybridized carbons (Fsp3) is 0.619. The van der Waals surface area contributed by atoms with Crippen LogP contribution in [0.3, 0.4) is 0 Å². The lowest BCUT2D eigenvalue weighted by molar-refractivity contribution is -0.131. The third-order valence-corrected chi connectivity index (χ3v) is 5.24. The minimum Gasteiger partial charge on any atom is -0.379 e. The summed E-state index contributed by atoms with van der Waals surface area (Å²) in [5.41, 5.74) is 2.55. The molecule has 0 saturated heterocycles. The second kappa shape index (κ2) is 9.74. The van der Waals surface area contributed by atoms with Crippen molar-refractivity contribution in [3.05, 3.63) is 35.4 Å². The number of carbonyl (C=O) groups excluding carboxylic acids is 1. The molecule has 1 fully saturated rings. The quantitative estimate of drug-likeness (QED) is 0.410. The Morgan fingerprint density at radius 2 is 2.00 bits per heavy atom. The maximum atomic E-state index is 12.4. The molecule has 1 aromatic carbocycles. The highest BCUT2D eigenvalue weighted by atomic mass is 16.5. The molecule has 0 unspecified atom stereocenters. The van der Waals surface area contributed by atoms with Crippen molar-refractivity contribution in [2.45, 2.75) is 38.8 Å². The fourth-order valence-electron chi connectivity index (χ4n) is 3.33. The Balaban J connectivity index is 1.29. The monoisotopic (exact) mass is 372 g/mol. The van der Waals surface area contributed by atoms with Gasteiger partial charge in [0.2, 0.25) is 5.91 Å². The number of guanidine groups is 1. The van der Waals surface area contributed by atoms with Crippen LogP contribution in [0, 0.1) is 5.92 Å². The predicted octanol–water partition coefficient (Wildman–Crippen LogP) is 2.24. The van der Waals surface area contributed by atoms with E-state index in [9.17, 15) is 4.79 Å². The first kappa shape index (κ1) is 19.7. The Morgan fingerprint density at radius 1 is 1.30 bits per heavy atom. The van der Waals surface area contributed by atoms with Crippen molar-refractivity contribution in [1.82, 2.24) is 15.1 Å². The molecule has 1 aliphatic carbocycles. The second-order valence-electron chi connectivity index (χ2n) is 7.54. The van der Waals surface area contributed by atoms with E-state index in [0.717, 1.165) is 57.7 Å². The lowest BCUT2D eigenvalue weighted by Crippen LogP contribution is -2.41. The molecule has 0 radical (unpaired) electrons. The van der Waals surface area contributed by atoms with Gasteiger partial charge in [0, 0.05) is 53.3 Å². The molecule has 2 aliphatic rings. The first-order valence-corrected chi connectivity index (χ1v) is 10.0. The lowest BCUT2D eigenvalue weighted by Gasteiger charge is -2.22. The number of amides is 1. The van der Waals surface area contributed by atoms with Gasteiger partial charge in [0.05, 0.1) is 6.61 Å². The summed E-state index contributed by atoms with van der Waals surface area (Å²) in [6, 6.07) is 8.29. The summed E-state index contributed by atoms with van der Waals surface area (Å²) in [5, 5.41) is 3.34. The molecule has 1 amide bonds. The van der Waals surface area contributed by atoms with Crippen LogP contribution >= 0.6 is 0 Å². The van der Waals surface area contributed by atoms with E-state index >= 15 is 0 Å². The highest BCUT2D eigenvalue weighted by Gasteiger charge is 2.22. The van der Waals surface area contributed by atoms with Gasteiger partial charge in [-0.25, -0.2) is 0 Å². The van der Waals surface area contributed by atoms with Crippen molar-refractivity contribution >= 4 is 11.9 Å². The van der Waals surface area contributed by atoms with Crippen molar-refractivity contribution in [3.63, 3.8) is 0 Å². The molecule has 1 aliphatic heterocycles. The van der Waals surface area contributed by atoms with Gasteiger partial charge in [0.15, 0.2) is 5.96 Å². The van der Waals surface area contributed by atoms with E-state index in [1.54, 1.807) is 7.05 Å². The van der Waals surface area contributed by atoms with Crippen LogP contribution in [-0.4, -0.2) is 62.1 Å². The molecule has 3 rings (SSSR count). The molecule has 0 aromatic heterocycles. The number of nitrogens with zero attached hydrogens (tertiary/aromatic N) is 3. The Bertz CT molecular complexity index is 632. The van der Waals surface area contributed by atoms with Gasteiger partial charge < -0.3 is 19.9 Å². The van der Waals surface area contributed by atoms with Crippen LogP contribution in [0.4, 0.5) is 0 Å². The molecule has 0 spiro atoms. The summed E-state index contributed by atoms with van der Waals surface area (Å²) in [5.74, 6) is 1.88. The maximum absolute atomic E-state index is 12.4. The summed E-state index contributed by atoms with van der Waals surface area (Å²) in [4.78, 5) is 20.8. The van der Waals surface area contributed by atoms with Crippen molar-refractivity contribution in [3.8, 4) is 0 Å². The molecule has 6 heteroatoms. The molecule has 1 N–H and O–H groups in total. The van der Waals surface area contributed by atoms with Crippen LogP contribution in [0.1, 0.15) is 36.8 Å². The van der Waals surface area contributed by atoms with E-state index in [-0.39, 0.29) is 5.91 Å². The van der Waals surface area contributed by atoms with Gasteiger partial charge in [-0.1, -0.05) is 24.3 Å². The predicted molar refractivity (Wildman–Crippen MR) is 107 cm³/mol. The van der Waals surface area contributed by atoms with Crippen LogP contribution in [0.15, 0.2) is 29.3 Å². The average molecular weight is 373 g/mol. The minimum atomic E-state index is 0.227. The number of likely N-dealkylation sites (N-methyl/N-ethyl adjacent to an activating group) is 1. The molecule has 1 aromatic rings. The molecule has 27 heavy (non-hydrogen) atoms. The Labute approximate surface area is 162 Å². The van der Waals surface area contributed by atoms with Gasteiger partial charge in [-0.2, -0.15) is 0 Å². The van der Waals surface area contributed by atoms with Crippen LogP contribution in [0.2, 0.25) is 0 Å². The zero-order chi connectivity index (χ0) is 19.1. The number of hydrogen-bond acceptors (Lipinski definition) is 3. The lowest BCUT2D eigenvalue weighted by atomic mass is 10.1. The molecule has 1 saturated carbocycles. The number of nitrogens with one attached hydrogen (secondary N) is 1. The zero-order valence-corrected chi connectivity index (χ0v) is 16.6. The topological polar surface area (TPSA) is 57.2 Å². The van der Waals surface area contributed by atoms with Crippen LogP contribution in [0.25, 0.3) is 0 Å². The Morgan fingerprint density at radius 3 is 2.63 bits per heavy atom. The fourth-order valence-corrected chi connectivity index (χ4v) is 3.33. The van der Waals surface area contributed by atoms with Gasteiger partial charge in [-0.15, -0.1) is 0 Å². The summed E-state index contributed by atoms with van der Waals surface area (Å²) >= 11 is 0.